The Balaban J connectivity index is 2.38. The van der Waals surface area contributed by atoms with Crippen LogP contribution in [0.4, 0.5) is 11.4 Å². The van der Waals surface area contributed by atoms with Gasteiger partial charge in [0.25, 0.3) is 5.69 Å². The molecule has 6 heteroatoms. The third-order valence-electron chi connectivity index (χ3n) is 2.62. The van der Waals surface area contributed by atoms with E-state index in [4.69, 9.17) is 5.73 Å². The van der Waals surface area contributed by atoms with Crippen LogP contribution in [0.2, 0.25) is 0 Å². The molecule has 1 aromatic rings. The lowest BCUT2D eigenvalue weighted by Crippen LogP contribution is -2.34. The van der Waals surface area contributed by atoms with E-state index in [0.717, 1.165) is 5.56 Å². The molecule has 16 heavy (non-hydrogen) atoms. The van der Waals surface area contributed by atoms with Crippen molar-refractivity contribution in [2.24, 2.45) is 5.73 Å². The fraction of sp³-hybridized carbons (Fsp3) is 0.300. The third kappa shape index (κ3) is 1.87. The van der Waals surface area contributed by atoms with Gasteiger partial charge in [0, 0.05) is 17.8 Å². The molecule has 1 heterocycles. The van der Waals surface area contributed by atoms with Gasteiger partial charge in [-0.05, 0) is 24.5 Å². The van der Waals surface area contributed by atoms with Gasteiger partial charge in [-0.1, -0.05) is 0 Å². The average Bonchev–Trinajstić information content (AvgIpc) is 2.39. The fourth-order valence-corrected chi connectivity index (χ4v) is 1.69. The highest BCUT2D eigenvalue weighted by molar-refractivity contribution is 5.96. The van der Waals surface area contributed by atoms with Gasteiger partial charge in [-0.3, -0.25) is 14.9 Å². The van der Waals surface area contributed by atoms with Gasteiger partial charge in [0.15, 0.2) is 0 Å². The molecule has 1 aliphatic rings. The summed E-state index contributed by atoms with van der Waals surface area (Å²) in [5.41, 5.74) is 7.01. The number of anilines is 1. The fourth-order valence-electron chi connectivity index (χ4n) is 1.69. The molecule has 3 N–H and O–H groups in total. The molecular weight excluding hydrogens is 210 g/mol. The maximum atomic E-state index is 11.4. The summed E-state index contributed by atoms with van der Waals surface area (Å²) in [6, 6.07) is 3.85. The van der Waals surface area contributed by atoms with E-state index in [-0.39, 0.29) is 11.6 Å². The van der Waals surface area contributed by atoms with Crippen LogP contribution in [0.5, 0.6) is 0 Å². The molecule has 1 unspecified atom stereocenters. The van der Waals surface area contributed by atoms with Crippen molar-refractivity contribution >= 4 is 17.3 Å². The number of rotatable bonds is 1. The zero-order valence-corrected chi connectivity index (χ0v) is 8.47. The summed E-state index contributed by atoms with van der Waals surface area (Å²) >= 11 is 0. The lowest BCUT2D eigenvalue weighted by atomic mass is 10.1. The van der Waals surface area contributed by atoms with Crippen molar-refractivity contribution in [2.45, 2.75) is 18.9 Å². The first kappa shape index (κ1) is 10.6. The van der Waals surface area contributed by atoms with E-state index < -0.39 is 11.0 Å². The second-order valence-electron chi connectivity index (χ2n) is 3.73. The molecule has 1 aliphatic heterocycles. The van der Waals surface area contributed by atoms with Crippen LogP contribution in [-0.4, -0.2) is 16.9 Å². The van der Waals surface area contributed by atoms with Crippen molar-refractivity contribution in [3.63, 3.8) is 0 Å². The predicted octanol–water partition coefficient (Wildman–Crippen LogP) is 0.807. The van der Waals surface area contributed by atoms with Crippen LogP contribution < -0.4 is 11.1 Å². The molecule has 2 rings (SSSR count). The van der Waals surface area contributed by atoms with Crippen molar-refractivity contribution in [1.82, 2.24) is 0 Å². The molecule has 0 radical (unpaired) electrons. The van der Waals surface area contributed by atoms with E-state index in [1.165, 1.54) is 12.1 Å². The highest BCUT2D eigenvalue weighted by Crippen LogP contribution is 2.25. The van der Waals surface area contributed by atoms with Crippen LogP contribution in [0.15, 0.2) is 18.2 Å². The zero-order valence-electron chi connectivity index (χ0n) is 8.47. The minimum absolute atomic E-state index is 0.0310. The number of nitro benzene ring substituents is 1. The Hall–Kier alpha value is -1.95. The minimum atomic E-state index is -0.550. The molecule has 0 fully saturated rings. The van der Waals surface area contributed by atoms with Crippen molar-refractivity contribution in [3.8, 4) is 0 Å². The Kier molecular flexibility index (Phi) is 2.57. The first-order valence-corrected chi connectivity index (χ1v) is 4.91. The van der Waals surface area contributed by atoms with Gasteiger partial charge in [0.1, 0.15) is 0 Å². The highest BCUT2D eigenvalue weighted by atomic mass is 16.6. The Bertz CT molecular complexity index is 459. The SMILES string of the molecule is NC1CCc2cc([N+](=O)[O-])ccc2NC1=O. The number of hydrogen-bond donors (Lipinski definition) is 2. The van der Waals surface area contributed by atoms with Gasteiger partial charge in [-0.25, -0.2) is 0 Å². The Labute approximate surface area is 91.6 Å². The molecule has 1 aromatic carbocycles. The number of amides is 1. The molecule has 0 aromatic heterocycles. The standard InChI is InChI=1S/C10H11N3O3/c11-8-3-1-6-5-7(13(15)16)2-4-9(6)12-10(8)14/h2,4-5,8H,1,3,11H2,(H,12,14). The molecule has 0 aliphatic carbocycles. The predicted molar refractivity (Wildman–Crippen MR) is 58.0 cm³/mol. The summed E-state index contributed by atoms with van der Waals surface area (Å²) in [7, 11) is 0. The smallest absolute Gasteiger partial charge is 0.269 e. The van der Waals surface area contributed by atoms with E-state index in [2.05, 4.69) is 5.32 Å². The van der Waals surface area contributed by atoms with Gasteiger partial charge in [0.05, 0.1) is 11.0 Å². The quantitative estimate of drug-likeness (QED) is 0.541. The molecule has 1 amide bonds. The topological polar surface area (TPSA) is 98.3 Å². The van der Waals surface area contributed by atoms with E-state index in [1.807, 2.05) is 0 Å². The molecule has 0 saturated carbocycles. The molecule has 6 nitrogen and oxygen atoms in total. The van der Waals surface area contributed by atoms with Crippen molar-refractivity contribution in [2.75, 3.05) is 5.32 Å². The van der Waals surface area contributed by atoms with Crippen LogP contribution in [-0.2, 0) is 11.2 Å². The summed E-state index contributed by atoms with van der Waals surface area (Å²) in [5.74, 6) is -0.243. The number of non-ortho nitro benzene ring substituents is 1. The number of nitrogens with zero attached hydrogens (tertiary/aromatic N) is 1. The number of nitrogens with two attached hydrogens (primary N) is 1. The van der Waals surface area contributed by atoms with Gasteiger partial charge in [-0.2, -0.15) is 0 Å². The van der Waals surface area contributed by atoms with Crippen molar-refractivity contribution in [1.29, 1.82) is 0 Å². The lowest BCUT2D eigenvalue weighted by Gasteiger charge is -2.06. The van der Waals surface area contributed by atoms with E-state index in [0.29, 0.717) is 18.5 Å². The summed E-state index contributed by atoms with van der Waals surface area (Å²) < 4.78 is 0. The normalized spacial score (nSPS) is 19.6. The number of benzene rings is 1. The number of nitrogens with one attached hydrogen (secondary N) is 1. The van der Waals surface area contributed by atoms with Gasteiger partial charge < -0.3 is 11.1 Å². The summed E-state index contributed by atoms with van der Waals surface area (Å²) in [4.78, 5) is 21.6. The van der Waals surface area contributed by atoms with E-state index in [9.17, 15) is 14.9 Å². The van der Waals surface area contributed by atoms with E-state index in [1.54, 1.807) is 6.07 Å². The lowest BCUT2D eigenvalue weighted by molar-refractivity contribution is -0.384. The molecule has 1 atom stereocenters. The molecule has 0 saturated heterocycles. The maximum Gasteiger partial charge on any atom is 0.269 e. The van der Waals surface area contributed by atoms with Crippen molar-refractivity contribution in [3.05, 3.63) is 33.9 Å². The second-order valence-corrected chi connectivity index (χ2v) is 3.73. The monoisotopic (exact) mass is 221 g/mol. The van der Waals surface area contributed by atoms with Gasteiger partial charge >= 0.3 is 0 Å². The second kappa shape index (κ2) is 3.90. The summed E-state index contributed by atoms with van der Waals surface area (Å²) in [6.45, 7) is 0. The number of carbonyl (C=O) groups is 1. The van der Waals surface area contributed by atoms with Crippen LogP contribution in [0.3, 0.4) is 0 Å². The number of hydrogen-bond acceptors (Lipinski definition) is 4. The molecule has 84 valence electrons. The van der Waals surface area contributed by atoms with E-state index >= 15 is 0 Å². The highest BCUT2D eigenvalue weighted by Gasteiger charge is 2.21. The number of fused-ring (bicyclic) bond motifs is 1. The summed E-state index contributed by atoms with van der Waals surface area (Å²) in [5, 5.41) is 13.2. The third-order valence-corrected chi connectivity index (χ3v) is 2.62. The first-order chi connectivity index (χ1) is 7.58. The Morgan fingerprint density at radius 2 is 2.25 bits per heavy atom. The number of carbonyl (C=O) groups excluding carboxylic acids is 1. The largest absolute Gasteiger partial charge is 0.324 e. The Morgan fingerprint density at radius 3 is 2.94 bits per heavy atom. The van der Waals surface area contributed by atoms with Crippen LogP contribution in [0.1, 0.15) is 12.0 Å². The van der Waals surface area contributed by atoms with Crippen molar-refractivity contribution < 1.29 is 9.72 Å². The molecule has 0 bridgehead atoms. The first-order valence-electron chi connectivity index (χ1n) is 4.91. The summed E-state index contributed by atoms with van der Waals surface area (Å²) in [6.07, 6.45) is 1.07. The molecular formula is C10H11N3O3. The Morgan fingerprint density at radius 1 is 1.50 bits per heavy atom. The van der Waals surface area contributed by atoms with Crippen LogP contribution >= 0.6 is 0 Å². The molecule has 0 spiro atoms. The number of aryl methyl sites for hydroxylation is 1. The van der Waals surface area contributed by atoms with Gasteiger partial charge in [-0.15, -0.1) is 0 Å². The maximum absolute atomic E-state index is 11.4. The average molecular weight is 221 g/mol. The zero-order chi connectivity index (χ0) is 11.7. The number of nitro groups is 1. The van der Waals surface area contributed by atoms with Crippen LogP contribution in [0.25, 0.3) is 0 Å². The minimum Gasteiger partial charge on any atom is -0.324 e. The van der Waals surface area contributed by atoms with Gasteiger partial charge in [0.2, 0.25) is 5.91 Å². The van der Waals surface area contributed by atoms with Crippen LogP contribution in [0, 0.1) is 10.1 Å².